The number of nitriles is 1. The summed E-state index contributed by atoms with van der Waals surface area (Å²) in [4.78, 5) is 1.95. The third-order valence-electron chi connectivity index (χ3n) is 8.41. The van der Waals surface area contributed by atoms with Crippen molar-refractivity contribution >= 4 is 10.9 Å². The number of para-hydroxylation sites is 2. The Morgan fingerprint density at radius 1 is 1.12 bits per heavy atom. The molecule has 0 radical (unpaired) electrons. The maximum absolute atomic E-state index is 10.6. The van der Waals surface area contributed by atoms with E-state index in [1.54, 1.807) is 0 Å². The maximum Gasteiger partial charge on any atom is 0.179 e. The average molecular weight is 442 g/mol. The van der Waals surface area contributed by atoms with Crippen molar-refractivity contribution in [2.45, 2.75) is 57.8 Å². The molecule has 5 nitrogen and oxygen atoms in total. The van der Waals surface area contributed by atoms with Gasteiger partial charge in [0.05, 0.1) is 35.7 Å². The highest BCUT2D eigenvalue weighted by atomic mass is 16.5. The number of aromatic nitrogens is 1. The molecule has 5 heteroatoms. The molecule has 2 aliphatic heterocycles. The molecule has 0 saturated heterocycles. The molecule has 3 aliphatic rings. The smallest absolute Gasteiger partial charge is 0.179 e. The molecule has 6 rings (SSSR count). The van der Waals surface area contributed by atoms with E-state index in [1.165, 1.54) is 33.4 Å². The second kappa shape index (κ2) is 7.90. The fourth-order valence-electron chi connectivity index (χ4n) is 6.61. The van der Waals surface area contributed by atoms with Crippen molar-refractivity contribution in [3.63, 3.8) is 0 Å². The summed E-state index contributed by atoms with van der Waals surface area (Å²) in [6, 6.07) is 17.2. The number of fused-ring (bicyclic) bond motifs is 6. The first kappa shape index (κ1) is 20.8. The van der Waals surface area contributed by atoms with Gasteiger partial charge in [0, 0.05) is 24.0 Å². The Bertz CT molecular complexity index is 1240. The zero-order valence-electron chi connectivity index (χ0n) is 19.2. The summed E-state index contributed by atoms with van der Waals surface area (Å²) >= 11 is 0. The Kier molecular flexibility index (Phi) is 4.97. The summed E-state index contributed by atoms with van der Waals surface area (Å²) < 4.78 is 9.12. The molecule has 1 fully saturated rings. The molecule has 1 saturated carbocycles. The summed E-state index contributed by atoms with van der Waals surface area (Å²) in [6.07, 6.45) is 6.39. The van der Waals surface area contributed by atoms with Crippen LogP contribution in [0.4, 0.5) is 0 Å². The molecule has 33 heavy (non-hydrogen) atoms. The van der Waals surface area contributed by atoms with E-state index in [-0.39, 0.29) is 17.6 Å². The molecule has 2 aromatic carbocycles. The SMILES string of the molecule is C[C@@]12CC[C@H](O)CC1C[C@H]1OCc3ccccc3-n3c1c(c1ccccc13)CCN(C#N)C2. The number of hydrogen-bond donors (Lipinski definition) is 1. The van der Waals surface area contributed by atoms with Crippen LogP contribution in [0.3, 0.4) is 0 Å². The van der Waals surface area contributed by atoms with Crippen LogP contribution in [0.15, 0.2) is 48.5 Å². The second-order valence-corrected chi connectivity index (χ2v) is 10.4. The first-order valence-electron chi connectivity index (χ1n) is 12.2. The summed E-state index contributed by atoms with van der Waals surface area (Å²) in [6.45, 7) is 4.36. The molecular weight excluding hydrogens is 410 g/mol. The molecule has 0 spiro atoms. The number of benzene rings is 2. The van der Waals surface area contributed by atoms with E-state index in [0.29, 0.717) is 19.1 Å². The van der Waals surface area contributed by atoms with Crippen LogP contribution in [-0.2, 0) is 17.8 Å². The summed E-state index contributed by atoms with van der Waals surface area (Å²) in [5.41, 5.74) is 6.13. The van der Waals surface area contributed by atoms with Crippen molar-refractivity contribution in [2.75, 3.05) is 13.1 Å². The number of rotatable bonds is 0. The number of aliphatic hydroxyl groups is 1. The molecule has 1 aromatic heterocycles. The van der Waals surface area contributed by atoms with Gasteiger partial charge in [0.15, 0.2) is 6.19 Å². The van der Waals surface area contributed by atoms with Crippen molar-refractivity contribution < 1.29 is 9.84 Å². The first-order valence-corrected chi connectivity index (χ1v) is 12.2. The van der Waals surface area contributed by atoms with Crippen molar-refractivity contribution in [3.8, 4) is 11.9 Å². The molecule has 1 unspecified atom stereocenters. The van der Waals surface area contributed by atoms with Gasteiger partial charge >= 0.3 is 0 Å². The van der Waals surface area contributed by atoms with Crippen LogP contribution in [-0.4, -0.2) is 33.8 Å². The quantitative estimate of drug-likeness (QED) is 0.493. The Balaban J connectivity index is 1.58. The number of nitrogens with zero attached hydrogens (tertiary/aromatic N) is 3. The highest BCUT2D eigenvalue weighted by Gasteiger charge is 2.44. The van der Waals surface area contributed by atoms with Crippen LogP contribution >= 0.6 is 0 Å². The van der Waals surface area contributed by atoms with Crippen LogP contribution in [0.1, 0.15) is 55.5 Å². The van der Waals surface area contributed by atoms with Gasteiger partial charge in [-0.1, -0.05) is 43.3 Å². The minimum absolute atomic E-state index is 0.00811. The van der Waals surface area contributed by atoms with Gasteiger partial charge in [-0.15, -0.1) is 0 Å². The maximum atomic E-state index is 10.6. The Labute approximate surface area is 195 Å². The van der Waals surface area contributed by atoms with E-state index in [2.05, 4.69) is 66.2 Å². The van der Waals surface area contributed by atoms with Crippen LogP contribution < -0.4 is 0 Å². The summed E-state index contributed by atoms with van der Waals surface area (Å²) in [5.74, 6) is 0.292. The second-order valence-electron chi connectivity index (χ2n) is 10.4. The molecule has 3 aromatic rings. The third-order valence-corrected chi connectivity index (χ3v) is 8.41. The van der Waals surface area contributed by atoms with Crippen LogP contribution in [0.2, 0.25) is 0 Å². The van der Waals surface area contributed by atoms with E-state index >= 15 is 0 Å². The van der Waals surface area contributed by atoms with Crippen molar-refractivity contribution in [2.24, 2.45) is 11.3 Å². The minimum Gasteiger partial charge on any atom is -0.393 e. The normalized spacial score (nSPS) is 29.4. The number of hydrogen-bond acceptors (Lipinski definition) is 4. The summed E-state index contributed by atoms with van der Waals surface area (Å²) in [7, 11) is 0. The van der Waals surface area contributed by atoms with Crippen molar-refractivity contribution in [3.05, 3.63) is 65.4 Å². The topological polar surface area (TPSA) is 61.4 Å². The fourth-order valence-corrected chi connectivity index (χ4v) is 6.61. The van der Waals surface area contributed by atoms with Gasteiger partial charge in [-0.05, 0) is 61.1 Å². The predicted molar refractivity (Wildman–Crippen MR) is 128 cm³/mol. The lowest BCUT2D eigenvalue weighted by Crippen LogP contribution is -2.45. The monoisotopic (exact) mass is 441 g/mol. The fraction of sp³-hybridized carbons (Fsp3) is 0.464. The third kappa shape index (κ3) is 3.36. The average Bonchev–Trinajstić information content (AvgIpc) is 3.06. The zero-order valence-corrected chi connectivity index (χ0v) is 19.2. The van der Waals surface area contributed by atoms with E-state index in [0.717, 1.165) is 38.6 Å². The van der Waals surface area contributed by atoms with Gasteiger partial charge in [0.25, 0.3) is 0 Å². The van der Waals surface area contributed by atoms with Gasteiger partial charge < -0.3 is 19.3 Å². The summed E-state index contributed by atoms with van der Waals surface area (Å²) in [5, 5.41) is 21.8. The van der Waals surface area contributed by atoms with Crippen LogP contribution in [0.25, 0.3) is 16.6 Å². The Morgan fingerprint density at radius 2 is 1.94 bits per heavy atom. The lowest BCUT2D eigenvalue weighted by atomic mass is 9.64. The molecule has 0 bridgehead atoms. The van der Waals surface area contributed by atoms with E-state index in [4.69, 9.17) is 4.74 Å². The van der Waals surface area contributed by atoms with E-state index in [1.807, 2.05) is 4.90 Å². The molecule has 4 atom stereocenters. The Morgan fingerprint density at radius 3 is 2.82 bits per heavy atom. The Hall–Kier alpha value is -2.81. The minimum atomic E-state index is -0.269. The molecule has 170 valence electrons. The predicted octanol–water partition coefficient (Wildman–Crippen LogP) is 5.10. The highest BCUT2D eigenvalue weighted by molar-refractivity contribution is 5.88. The van der Waals surface area contributed by atoms with Crippen molar-refractivity contribution in [1.29, 1.82) is 5.26 Å². The van der Waals surface area contributed by atoms with E-state index in [9.17, 15) is 10.4 Å². The number of aliphatic hydroxyl groups excluding tert-OH is 1. The van der Waals surface area contributed by atoms with Gasteiger partial charge in [0.1, 0.15) is 0 Å². The standard InChI is InChI=1S/C28H31N3O2/c1-28-12-10-21(32)14-20(28)15-26-27-23(11-13-30(17-28)18-29)22-7-3-5-9-25(22)31(27)24-8-4-2-6-19(24)16-33-26/h2-9,20-21,26,32H,10-17H2,1H3/t20?,21-,26+,28-/m0/s1. The van der Waals surface area contributed by atoms with Gasteiger partial charge in [-0.25, -0.2) is 0 Å². The van der Waals surface area contributed by atoms with Crippen LogP contribution in [0, 0.1) is 22.8 Å². The first-order chi connectivity index (χ1) is 16.1. The molecule has 3 heterocycles. The molecular formula is C28H31N3O2. The van der Waals surface area contributed by atoms with Gasteiger partial charge in [-0.3, -0.25) is 0 Å². The van der Waals surface area contributed by atoms with Crippen LogP contribution in [0.5, 0.6) is 0 Å². The zero-order chi connectivity index (χ0) is 22.6. The molecule has 0 amide bonds. The highest BCUT2D eigenvalue weighted by Crippen LogP contribution is 2.49. The lowest BCUT2D eigenvalue weighted by molar-refractivity contribution is -0.0427. The number of ether oxygens (including phenoxy) is 1. The van der Waals surface area contributed by atoms with Gasteiger partial charge in [-0.2, -0.15) is 5.26 Å². The lowest BCUT2D eigenvalue weighted by Gasteiger charge is -2.46. The largest absolute Gasteiger partial charge is 0.393 e. The van der Waals surface area contributed by atoms with Crippen molar-refractivity contribution in [1.82, 2.24) is 9.47 Å². The molecule has 1 aliphatic carbocycles. The molecule has 1 N–H and O–H groups in total. The van der Waals surface area contributed by atoms with Gasteiger partial charge in [0.2, 0.25) is 0 Å². The van der Waals surface area contributed by atoms with E-state index < -0.39 is 0 Å².